The summed E-state index contributed by atoms with van der Waals surface area (Å²) in [6.07, 6.45) is 0.884. The summed E-state index contributed by atoms with van der Waals surface area (Å²) in [5, 5.41) is 11.7. The van der Waals surface area contributed by atoms with Crippen LogP contribution in [0.15, 0.2) is 54.6 Å². The fraction of sp³-hybridized carbons (Fsp3) is 0.167. The van der Waals surface area contributed by atoms with Crippen molar-refractivity contribution in [1.29, 1.82) is 0 Å². The normalized spacial score (nSPS) is 9.20. The van der Waals surface area contributed by atoms with E-state index in [1.807, 2.05) is 44.2 Å². The molecular weight excluding hydrogens is 248 g/mol. The molecule has 0 unspecified atom stereocenters. The van der Waals surface area contributed by atoms with Crippen molar-refractivity contribution in [3.8, 4) is 0 Å². The van der Waals surface area contributed by atoms with Gasteiger partial charge in [0.05, 0.1) is 0 Å². The fourth-order valence-electron chi connectivity index (χ4n) is 2.03. The first-order valence-corrected chi connectivity index (χ1v) is 6.69. The Kier molecular flexibility index (Phi) is 6.41. The molecule has 2 heteroatoms. The van der Waals surface area contributed by atoms with E-state index in [9.17, 15) is 4.79 Å². The van der Waals surface area contributed by atoms with Gasteiger partial charge >= 0.3 is 0 Å². The third-order valence-electron chi connectivity index (χ3n) is 2.86. The van der Waals surface area contributed by atoms with E-state index in [1.54, 1.807) is 0 Å². The van der Waals surface area contributed by atoms with Gasteiger partial charge < -0.3 is 5.11 Å². The Labute approximate surface area is 119 Å². The average Bonchev–Trinajstić information content (AvgIpc) is 2.56. The maximum Gasteiger partial charge on any atom is 0.150 e. The van der Waals surface area contributed by atoms with E-state index in [-0.39, 0.29) is 0 Å². The number of aldehydes is 1. The third-order valence-corrected chi connectivity index (χ3v) is 2.86. The first-order valence-electron chi connectivity index (χ1n) is 6.69. The molecular formula is C18H20O2. The fourth-order valence-corrected chi connectivity index (χ4v) is 2.03. The number of rotatable bonds is 1. The molecule has 20 heavy (non-hydrogen) atoms. The van der Waals surface area contributed by atoms with Crippen LogP contribution in [0.4, 0.5) is 0 Å². The van der Waals surface area contributed by atoms with Crippen LogP contribution in [0.1, 0.15) is 24.2 Å². The van der Waals surface area contributed by atoms with E-state index in [0.717, 1.165) is 24.3 Å². The molecule has 0 bridgehead atoms. The van der Waals surface area contributed by atoms with Crippen molar-refractivity contribution in [2.75, 3.05) is 7.11 Å². The van der Waals surface area contributed by atoms with E-state index in [4.69, 9.17) is 5.11 Å². The first kappa shape index (κ1) is 15.9. The van der Waals surface area contributed by atoms with Gasteiger partial charge in [-0.15, -0.1) is 0 Å². The van der Waals surface area contributed by atoms with Crippen molar-refractivity contribution in [2.45, 2.75) is 13.8 Å². The molecule has 0 aromatic heterocycles. The lowest BCUT2D eigenvalue weighted by molar-refractivity contribution is 0.112. The largest absolute Gasteiger partial charge is 0.400 e. The van der Waals surface area contributed by atoms with E-state index in [2.05, 4.69) is 24.3 Å². The van der Waals surface area contributed by atoms with Gasteiger partial charge in [-0.25, -0.2) is 0 Å². The standard InChI is InChI=1S/C15H10O.C2H6.CH4O/c16-10-11-5-6-14-8-12-3-1-2-4-13(12)9-15(14)7-11;2*1-2/h1-10H;1-2H3;2H,1H3. The maximum absolute atomic E-state index is 10.7. The van der Waals surface area contributed by atoms with Gasteiger partial charge in [0, 0.05) is 12.7 Å². The van der Waals surface area contributed by atoms with Crippen LogP contribution in [0.3, 0.4) is 0 Å². The van der Waals surface area contributed by atoms with Gasteiger partial charge in [0.25, 0.3) is 0 Å². The lowest BCUT2D eigenvalue weighted by Crippen LogP contribution is -1.81. The molecule has 0 heterocycles. The molecule has 104 valence electrons. The molecule has 0 saturated heterocycles. The van der Waals surface area contributed by atoms with Gasteiger partial charge in [0.2, 0.25) is 0 Å². The van der Waals surface area contributed by atoms with Crippen LogP contribution in [0.2, 0.25) is 0 Å². The topological polar surface area (TPSA) is 37.3 Å². The van der Waals surface area contributed by atoms with Crippen molar-refractivity contribution in [3.05, 3.63) is 60.2 Å². The number of hydrogen-bond acceptors (Lipinski definition) is 2. The Morgan fingerprint density at radius 1 is 0.750 bits per heavy atom. The third kappa shape index (κ3) is 3.43. The van der Waals surface area contributed by atoms with Crippen LogP contribution < -0.4 is 0 Å². The molecule has 3 rings (SSSR count). The van der Waals surface area contributed by atoms with E-state index >= 15 is 0 Å². The molecule has 1 N–H and O–H groups in total. The SMILES string of the molecule is CC.CO.O=Cc1ccc2cc3ccccc3cc2c1. The summed E-state index contributed by atoms with van der Waals surface area (Å²) in [7, 11) is 1.00. The molecule has 0 atom stereocenters. The zero-order valence-corrected chi connectivity index (χ0v) is 12.1. The van der Waals surface area contributed by atoms with Crippen LogP contribution in [-0.4, -0.2) is 18.5 Å². The number of hydrogen-bond donors (Lipinski definition) is 1. The summed E-state index contributed by atoms with van der Waals surface area (Å²) in [6, 6.07) is 18.3. The summed E-state index contributed by atoms with van der Waals surface area (Å²) >= 11 is 0. The average molecular weight is 268 g/mol. The smallest absolute Gasteiger partial charge is 0.150 e. The van der Waals surface area contributed by atoms with Crippen molar-refractivity contribution in [2.24, 2.45) is 0 Å². The van der Waals surface area contributed by atoms with Gasteiger partial charge in [0.1, 0.15) is 6.29 Å². The quantitative estimate of drug-likeness (QED) is 0.523. The molecule has 2 nitrogen and oxygen atoms in total. The highest BCUT2D eigenvalue weighted by molar-refractivity contribution is 5.99. The van der Waals surface area contributed by atoms with Gasteiger partial charge in [-0.1, -0.05) is 50.2 Å². The number of aliphatic hydroxyl groups excluding tert-OH is 1. The van der Waals surface area contributed by atoms with Crippen molar-refractivity contribution < 1.29 is 9.90 Å². The number of carbonyl (C=O) groups is 1. The van der Waals surface area contributed by atoms with Crippen LogP contribution >= 0.6 is 0 Å². The van der Waals surface area contributed by atoms with E-state index in [1.165, 1.54) is 16.2 Å². The highest BCUT2D eigenvalue weighted by Gasteiger charge is 1.98. The second-order valence-corrected chi connectivity index (χ2v) is 3.92. The minimum atomic E-state index is 0.725. The second kappa shape index (κ2) is 8.08. The molecule has 3 aromatic rings. The maximum atomic E-state index is 10.7. The molecule has 3 aromatic carbocycles. The lowest BCUT2D eigenvalue weighted by atomic mass is 10.0. The summed E-state index contributed by atoms with van der Waals surface area (Å²) < 4.78 is 0. The molecule has 0 radical (unpaired) electrons. The molecule has 0 aliphatic rings. The Morgan fingerprint density at radius 2 is 1.25 bits per heavy atom. The predicted octanol–water partition coefficient (Wildman–Crippen LogP) is 4.44. The predicted molar refractivity (Wildman–Crippen MR) is 86.3 cm³/mol. The Bertz CT molecular complexity index is 687. The molecule has 0 fully saturated rings. The van der Waals surface area contributed by atoms with Crippen molar-refractivity contribution >= 4 is 27.8 Å². The summed E-state index contributed by atoms with van der Waals surface area (Å²) in [6.45, 7) is 4.00. The Balaban J connectivity index is 0.000000461. The molecule has 0 aliphatic carbocycles. The van der Waals surface area contributed by atoms with Gasteiger partial charge in [-0.05, 0) is 39.7 Å². The summed E-state index contributed by atoms with van der Waals surface area (Å²) in [4.78, 5) is 10.7. The zero-order chi connectivity index (χ0) is 15.0. The minimum Gasteiger partial charge on any atom is -0.400 e. The highest BCUT2D eigenvalue weighted by Crippen LogP contribution is 2.23. The lowest BCUT2D eigenvalue weighted by Gasteiger charge is -2.02. The van der Waals surface area contributed by atoms with Crippen LogP contribution in [0.25, 0.3) is 21.5 Å². The number of fused-ring (bicyclic) bond motifs is 2. The van der Waals surface area contributed by atoms with Crippen LogP contribution in [0, 0.1) is 0 Å². The molecule has 0 saturated carbocycles. The number of aliphatic hydroxyl groups is 1. The number of benzene rings is 3. The van der Waals surface area contributed by atoms with Gasteiger partial charge in [-0.3, -0.25) is 4.79 Å². The minimum absolute atomic E-state index is 0.725. The highest BCUT2D eigenvalue weighted by atomic mass is 16.2. The van der Waals surface area contributed by atoms with Crippen molar-refractivity contribution in [1.82, 2.24) is 0 Å². The molecule has 0 spiro atoms. The first-order chi connectivity index (χ1) is 9.86. The Morgan fingerprint density at radius 3 is 1.80 bits per heavy atom. The van der Waals surface area contributed by atoms with Crippen LogP contribution in [-0.2, 0) is 0 Å². The summed E-state index contributed by atoms with van der Waals surface area (Å²) in [5.41, 5.74) is 0.725. The van der Waals surface area contributed by atoms with E-state index in [0.29, 0.717) is 0 Å². The molecule has 0 amide bonds. The van der Waals surface area contributed by atoms with Gasteiger partial charge in [0.15, 0.2) is 0 Å². The Hall–Kier alpha value is -2.19. The van der Waals surface area contributed by atoms with E-state index < -0.39 is 0 Å². The summed E-state index contributed by atoms with van der Waals surface area (Å²) in [5.74, 6) is 0. The zero-order valence-electron chi connectivity index (χ0n) is 12.1. The van der Waals surface area contributed by atoms with Crippen molar-refractivity contribution in [3.63, 3.8) is 0 Å². The number of carbonyl (C=O) groups excluding carboxylic acids is 1. The monoisotopic (exact) mass is 268 g/mol. The molecule has 0 aliphatic heterocycles. The second-order valence-electron chi connectivity index (χ2n) is 3.92. The van der Waals surface area contributed by atoms with Crippen LogP contribution in [0.5, 0.6) is 0 Å². The van der Waals surface area contributed by atoms with Gasteiger partial charge in [-0.2, -0.15) is 0 Å².